The summed E-state index contributed by atoms with van der Waals surface area (Å²) in [5.41, 5.74) is 1.47. The summed E-state index contributed by atoms with van der Waals surface area (Å²) in [4.78, 5) is 11.0. The van der Waals surface area contributed by atoms with Crippen molar-refractivity contribution in [3.63, 3.8) is 0 Å². The second-order valence-electron chi connectivity index (χ2n) is 5.93. The van der Waals surface area contributed by atoms with E-state index in [4.69, 9.17) is 33.0 Å². The van der Waals surface area contributed by atoms with Gasteiger partial charge >= 0.3 is 5.97 Å². The number of ether oxygens (including phenoxy) is 1. The number of carboxylic acids is 1. The Balaban J connectivity index is 1.53. The number of hydrogen-bond donors (Lipinski definition) is 2. The molecule has 1 saturated carbocycles. The number of hydrogen-bond acceptors (Lipinski definition) is 4. The standard InChI is InChI=1S/C16H17Cl2N3O3/c17-11-5-10(6-12(18)7-11)9-1-3-13(4-2-9)24-8-14-15(16(22)23)20-21-19-14/h5-7,9,13H,1-4,8H2,(H,22,23)(H,19,20,21)/t9-,13-. The predicted octanol–water partition coefficient (Wildman–Crippen LogP) is 4.05. The van der Waals surface area contributed by atoms with Crippen molar-refractivity contribution in [1.29, 1.82) is 0 Å². The van der Waals surface area contributed by atoms with Crippen molar-refractivity contribution in [1.82, 2.24) is 15.4 Å². The molecule has 0 bridgehead atoms. The van der Waals surface area contributed by atoms with Crippen LogP contribution in [0.15, 0.2) is 18.2 Å². The van der Waals surface area contributed by atoms with Gasteiger partial charge in [-0.2, -0.15) is 0 Å². The Morgan fingerprint density at radius 1 is 1.21 bits per heavy atom. The molecular weight excluding hydrogens is 353 g/mol. The molecule has 0 saturated heterocycles. The van der Waals surface area contributed by atoms with E-state index >= 15 is 0 Å². The van der Waals surface area contributed by atoms with E-state index in [2.05, 4.69) is 15.4 Å². The summed E-state index contributed by atoms with van der Waals surface area (Å²) in [5, 5.41) is 20.0. The molecule has 0 unspecified atom stereocenters. The SMILES string of the molecule is O=C(O)c1[nH]nnc1CO[C@H]1CC[C@H](c2cc(Cl)cc(Cl)c2)CC1. The van der Waals surface area contributed by atoms with Crippen LogP contribution in [0, 0.1) is 0 Å². The summed E-state index contributed by atoms with van der Waals surface area (Å²) >= 11 is 12.1. The maximum absolute atomic E-state index is 11.0. The van der Waals surface area contributed by atoms with Gasteiger partial charge in [-0.15, -0.1) is 5.10 Å². The predicted molar refractivity (Wildman–Crippen MR) is 89.6 cm³/mol. The zero-order valence-corrected chi connectivity index (χ0v) is 14.3. The molecule has 1 aromatic heterocycles. The lowest BCUT2D eigenvalue weighted by atomic mass is 9.83. The molecule has 1 heterocycles. The Hall–Kier alpha value is -1.63. The van der Waals surface area contributed by atoms with Crippen molar-refractivity contribution in [2.45, 2.75) is 44.3 Å². The first-order valence-electron chi connectivity index (χ1n) is 7.73. The Kier molecular flexibility index (Phi) is 5.38. The van der Waals surface area contributed by atoms with Gasteiger partial charge in [-0.1, -0.05) is 28.4 Å². The summed E-state index contributed by atoms with van der Waals surface area (Å²) in [5.74, 6) is -0.664. The van der Waals surface area contributed by atoms with Crippen molar-refractivity contribution in [3.05, 3.63) is 45.2 Å². The normalized spacial score (nSPS) is 20.9. The van der Waals surface area contributed by atoms with Gasteiger partial charge < -0.3 is 9.84 Å². The minimum Gasteiger partial charge on any atom is -0.476 e. The van der Waals surface area contributed by atoms with Crippen LogP contribution >= 0.6 is 23.2 Å². The third kappa shape index (κ3) is 4.06. The lowest BCUT2D eigenvalue weighted by molar-refractivity contribution is 0.0111. The third-order valence-electron chi connectivity index (χ3n) is 4.32. The number of aromatic amines is 1. The monoisotopic (exact) mass is 369 g/mol. The molecule has 3 rings (SSSR count). The van der Waals surface area contributed by atoms with Gasteiger partial charge in [-0.05, 0) is 55.4 Å². The van der Waals surface area contributed by atoms with E-state index in [-0.39, 0.29) is 18.4 Å². The lowest BCUT2D eigenvalue weighted by Gasteiger charge is -2.29. The summed E-state index contributed by atoms with van der Waals surface area (Å²) in [7, 11) is 0. The molecule has 8 heteroatoms. The summed E-state index contributed by atoms with van der Waals surface area (Å²) in [6, 6.07) is 5.67. The highest BCUT2D eigenvalue weighted by molar-refractivity contribution is 6.34. The number of aromatic nitrogens is 3. The van der Waals surface area contributed by atoms with Crippen LogP contribution in [0.5, 0.6) is 0 Å². The second-order valence-corrected chi connectivity index (χ2v) is 6.80. The van der Waals surface area contributed by atoms with E-state index in [0.29, 0.717) is 21.7 Å². The zero-order chi connectivity index (χ0) is 17.1. The highest BCUT2D eigenvalue weighted by atomic mass is 35.5. The first-order valence-corrected chi connectivity index (χ1v) is 8.49. The fourth-order valence-corrected chi connectivity index (χ4v) is 3.64. The first-order chi connectivity index (χ1) is 11.5. The third-order valence-corrected chi connectivity index (χ3v) is 4.76. The van der Waals surface area contributed by atoms with Crippen LogP contribution in [0.1, 0.15) is 53.3 Å². The van der Waals surface area contributed by atoms with Gasteiger partial charge in [-0.25, -0.2) is 4.79 Å². The summed E-state index contributed by atoms with van der Waals surface area (Å²) < 4.78 is 5.81. The van der Waals surface area contributed by atoms with Crippen molar-refractivity contribution < 1.29 is 14.6 Å². The Morgan fingerprint density at radius 2 is 1.88 bits per heavy atom. The van der Waals surface area contributed by atoms with Crippen molar-refractivity contribution >= 4 is 29.2 Å². The van der Waals surface area contributed by atoms with Crippen LogP contribution in [-0.2, 0) is 11.3 Å². The Labute approximate surface area is 149 Å². The summed E-state index contributed by atoms with van der Waals surface area (Å²) in [6.45, 7) is 0.149. The molecule has 1 fully saturated rings. The van der Waals surface area contributed by atoms with E-state index in [0.717, 1.165) is 31.2 Å². The van der Waals surface area contributed by atoms with Crippen LogP contribution in [-0.4, -0.2) is 32.6 Å². The molecular formula is C16H17Cl2N3O3. The first kappa shape index (κ1) is 17.2. The molecule has 1 aliphatic carbocycles. The molecule has 2 N–H and O–H groups in total. The number of nitrogens with one attached hydrogen (secondary N) is 1. The largest absolute Gasteiger partial charge is 0.476 e. The van der Waals surface area contributed by atoms with Gasteiger partial charge in [-0.3, -0.25) is 5.10 Å². The number of carbonyl (C=O) groups is 1. The molecule has 0 atom stereocenters. The van der Waals surface area contributed by atoms with E-state index in [1.54, 1.807) is 6.07 Å². The molecule has 0 amide bonds. The van der Waals surface area contributed by atoms with Crippen LogP contribution in [0.25, 0.3) is 0 Å². The molecule has 0 spiro atoms. The molecule has 0 aliphatic heterocycles. The van der Waals surface area contributed by atoms with Gasteiger partial charge in [0.2, 0.25) is 0 Å². The smallest absolute Gasteiger partial charge is 0.355 e. The van der Waals surface area contributed by atoms with E-state index in [9.17, 15) is 4.79 Å². The molecule has 1 aliphatic rings. The summed E-state index contributed by atoms with van der Waals surface area (Å²) in [6.07, 6.45) is 3.84. The number of benzene rings is 1. The highest BCUT2D eigenvalue weighted by Crippen LogP contribution is 2.36. The Bertz CT molecular complexity index is 707. The molecule has 6 nitrogen and oxygen atoms in total. The average Bonchev–Trinajstić information content (AvgIpc) is 3.01. The van der Waals surface area contributed by atoms with Gasteiger partial charge in [0.05, 0.1) is 12.7 Å². The van der Waals surface area contributed by atoms with Crippen LogP contribution in [0.3, 0.4) is 0 Å². The molecule has 0 radical (unpaired) electrons. The molecule has 1 aromatic carbocycles. The lowest BCUT2D eigenvalue weighted by Crippen LogP contribution is -2.21. The van der Waals surface area contributed by atoms with Gasteiger partial charge in [0.25, 0.3) is 0 Å². The molecule has 2 aromatic rings. The minimum absolute atomic E-state index is 0.0164. The number of nitrogens with zero attached hydrogens (tertiary/aromatic N) is 2. The number of halogens is 2. The number of H-pyrrole nitrogens is 1. The van der Waals surface area contributed by atoms with Crippen LogP contribution in [0.4, 0.5) is 0 Å². The highest BCUT2D eigenvalue weighted by Gasteiger charge is 2.24. The maximum atomic E-state index is 11.0. The fourth-order valence-electron chi connectivity index (χ4n) is 3.09. The zero-order valence-electron chi connectivity index (χ0n) is 12.8. The maximum Gasteiger partial charge on any atom is 0.355 e. The average molecular weight is 370 g/mol. The fraction of sp³-hybridized carbons (Fsp3) is 0.438. The Morgan fingerprint density at radius 3 is 2.50 bits per heavy atom. The minimum atomic E-state index is -1.08. The topological polar surface area (TPSA) is 88.1 Å². The van der Waals surface area contributed by atoms with E-state index < -0.39 is 5.97 Å². The number of aromatic carboxylic acids is 1. The molecule has 128 valence electrons. The second kappa shape index (κ2) is 7.51. The van der Waals surface area contributed by atoms with E-state index in [1.807, 2.05) is 12.1 Å². The van der Waals surface area contributed by atoms with Crippen molar-refractivity contribution in [3.8, 4) is 0 Å². The van der Waals surface area contributed by atoms with Gasteiger partial charge in [0.15, 0.2) is 5.69 Å². The van der Waals surface area contributed by atoms with Crippen LogP contribution < -0.4 is 0 Å². The number of rotatable bonds is 5. The quantitative estimate of drug-likeness (QED) is 0.829. The molecule has 24 heavy (non-hydrogen) atoms. The van der Waals surface area contributed by atoms with E-state index in [1.165, 1.54) is 0 Å². The van der Waals surface area contributed by atoms with Crippen molar-refractivity contribution in [2.75, 3.05) is 0 Å². The van der Waals surface area contributed by atoms with Crippen LogP contribution in [0.2, 0.25) is 10.0 Å². The van der Waals surface area contributed by atoms with Gasteiger partial charge in [0, 0.05) is 10.0 Å². The number of carboxylic acid groups (broad SMARTS) is 1. The van der Waals surface area contributed by atoms with Crippen molar-refractivity contribution in [2.24, 2.45) is 0 Å². The van der Waals surface area contributed by atoms with Gasteiger partial charge in [0.1, 0.15) is 5.69 Å².